The van der Waals surface area contributed by atoms with Crippen molar-refractivity contribution in [3.8, 4) is 0 Å². The average Bonchev–Trinajstić information content (AvgIpc) is 2.72. The molecular weight excluding hydrogens is 285 g/mol. The Balaban J connectivity index is 2.00. The molecule has 0 bridgehead atoms. The number of likely N-dealkylation sites (tertiary alicyclic amines) is 1. The smallest absolute Gasteiger partial charge is 0.123 e. The lowest BCUT2D eigenvalue weighted by atomic mass is 10.0. The van der Waals surface area contributed by atoms with Crippen molar-refractivity contribution < 1.29 is 9.50 Å². The minimum absolute atomic E-state index is 0.200. The molecule has 4 heteroatoms. The number of aliphatic hydroxyl groups is 1. The van der Waals surface area contributed by atoms with E-state index in [0.29, 0.717) is 5.92 Å². The summed E-state index contributed by atoms with van der Waals surface area (Å²) in [5.74, 6) is 0.150. The first kappa shape index (κ1) is 13.0. The molecule has 2 unspecified atom stereocenters. The Morgan fingerprint density at radius 2 is 2.35 bits per heavy atom. The van der Waals surface area contributed by atoms with E-state index >= 15 is 0 Å². The number of aliphatic hydroxyl groups excluding tert-OH is 1. The third kappa shape index (κ3) is 3.27. The van der Waals surface area contributed by atoms with Crippen molar-refractivity contribution in [1.82, 2.24) is 4.90 Å². The standard InChI is InChI=1S/C13H17BrFNO/c1-9(17)10-4-5-16(7-10)8-11-6-12(15)2-3-13(11)14/h2-3,6,9-10,17H,4-5,7-8H2,1H3. The topological polar surface area (TPSA) is 23.5 Å². The molecule has 1 aromatic rings. The average molecular weight is 302 g/mol. The summed E-state index contributed by atoms with van der Waals surface area (Å²) in [5.41, 5.74) is 0.969. The van der Waals surface area contributed by atoms with Crippen LogP contribution >= 0.6 is 15.9 Å². The number of benzene rings is 1. The maximum absolute atomic E-state index is 13.1. The quantitative estimate of drug-likeness (QED) is 0.928. The van der Waals surface area contributed by atoms with Gasteiger partial charge in [0.2, 0.25) is 0 Å². The Morgan fingerprint density at radius 3 is 3.00 bits per heavy atom. The van der Waals surface area contributed by atoms with Crippen molar-refractivity contribution in [2.45, 2.75) is 26.0 Å². The Labute approximate surface area is 110 Å². The Bertz CT molecular complexity index is 397. The first-order chi connectivity index (χ1) is 8.06. The fourth-order valence-corrected chi connectivity index (χ4v) is 2.68. The summed E-state index contributed by atoms with van der Waals surface area (Å²) in [6.45, 7) is 4.44. The SMILES string of the molecule is CC(O)C1CCN(Cc2cc(F)ccc2Br)C1. The van der Waals surface area contributed by atoms with E-state index in [2.05, 4.69) is 20.8 Å². The molecule has 1 aliphatic rings. The van der Waals surface area contributed by atoms with E-state index in [-0.39, 0.29) is 11.9 Å². The summed E-state index contributed by atoms with van der Waals surface area (Å²) in [6.07, 6.45) is 0.765. The van der Waals surface area contributed by atoms with Crippen molar-refractivity contribution in [3.05, 3.63) is 34.1 Å². The lowest BCUT2D eigenvalue weighted by Gasteiger charge is -2.18. The van der Waals surface area contributed by atoms with Gasteiger partial charge in [0.05, 0.1) is 6.10 Å². The van der Waals surface area contributed by atoms with Gasteiger partial charge in [-0.2, -0.15) is 0 Å². The number of rotatable bonds is 3. The van der Waals surface area contributed by atoms with Gasteiger partial charge in [0.15, 0.2) is 0 Å². The first-order valence-electron chi connectivity index (χ1n) is 5.90. The van der Waals surface area contributed by atoms with E-state index in [1.165, 1.54) is 6.07 Å². The molecule has 2 rings (SSSR count). The van der Waals surface area contributed by atoms with Crippen molar-refractivity contribution in [1.29, 1.82) is 0 Å². The van der Waals surface area contributed by atoms with Gasteiger partial charge in [-0.3, -0.25) is 4.90 Å². The second kappa shape index (κ2) is 5.46. The van der Waals surface area contributed by atoms with Crippen LogP contribution in [0.5, 0.6) is 0 Å². The molecule has 0 radical (unpaired) electrons. The summed E-state index contributed by atoms with van der Waals surface area (Å²) >= 11 is 3.44. The van der Waals surface area contributed by atoms with Crippen LogP contribution in [0.4, 0.5) is 4.39 Å². The summed E-state index contributed by atoms with van der Waals surface area (Å²) in [4.78, 5) is 2.26. The normalized spacial score (nSPS) is 22.9. The van der Waals surface area contributed by atoms with Crippen LogP contribution in [0.2, 0.25) is 0 Å². The van der Waals surface area contributed by atoms with Gasteiger partial charge >= 0.3 is 0 Å². The predicted molar refractivity (Wildman–Crippen MR) is 69.2 cm³/mol. The molecule has 0 spiro atoms. The molecule has 1 fully saturated rings. The molecule has 2 nitrogen and oxygen atoms in total. The fourth-order valence-electron chi connectivity index (χ4n) is 2.31. The monoisotopic (exact) mass is 301 g/mol. The molecule has 0 aromatic heterocycles. The number of hydrogen-bond acceptors (Lipinski definition) is 2. The van der Waals surface area contributed by atoms with Crippen LogP contribution < -0.4 is 0 Å². The zero-order chi connectivity index (χ0) is 12.4. The van der Waals surface area contributed by atoms with Gasteiger partial charge in [-0.25, -0.2) is 4.39 Å². The van der Waals surface area contributed by atoms with Crippen LogP contribution in [-0.2, 0) is 6.54 Å². The molecule has 0 saturated carbocycles. The zero-order valence-corrected chi connectivity index (χ0v) is 11.5. The minimum atomic E-state index is -0.254. The number of nitrogens with zero attached hydrogens (tertiary/aromatic N) is 1. The van der Waals surface area contributed by atoms with Gasteiger partial charge in [0.25, 0.3) is 0 Å². The van der Waals surface area contributed by atoms with Gasteiger partial charge in [0, 0.05) is 17.6 Å². The molecule has 1 N–H and O–H groups in total. The highest BCUT2D eigenvalue weighted by molar-refractivity contribution is 9.10. The fraction of sp³-hybridized carbons (Fsp3) is 0.538. The maximum atomic E-state index is 13.1. The third-order valence-corrected chi connectivity index (χ3v) is 4.17. The van der Waals surface area contributed by atoms with Crippen LogP contribution in [-0.4, -0.2) is 29.2 Å². The highest BCUT2D eigenvalue weighted by Crippen LogP contribution is 2.25. The second-order valence-corrected chi connectivity index (χ2v) is 5.61. The lowest BCUT2D eigenvalue weighted by Crippen LogP contribution is -2.24. The third-order valence-electron chi connectivity index (χ3n) is 3.39. The molecule has 1 aromatic carbocycles. The van der Waals surface area contributed by atoms with Crippen molar-refractivity contribution in [2.24, 2.45) is 5.92 Å². The van der Waals surface area contributed by atoms with Crippen molar-refractivity contribution in [2.75, 3.05) is 13.1 Å². The molecular formula is C13H17BrFNO. The van der Waals surface area contributed by atoms with Gasteiger partial charge in [-0.05, 0) is 49.6 Å². The molecule has 94 valence electrons. The first-order valence-corrected chi connectivity index (χ1v) is 6.70. The van der Waals surface area contributed by atoms with Crippen LogP contribution in [0.1, 0.15) is 18.9 Å². The van der Waals surface area contributed by atoms with Crippen molar-refractivity contribution >= 4 is 15.9 Å². The van der Waals surface area contributed by atoms with Crippen LogP contribution in [0.25, 0.3) is 0 Å². The Morgan fingerprint density at radius 1 is 1.59 bits per heavy atom. The van der Waals surface area contributed by atoms with E-state index in [1.807, 2.05) is 6.92 Å². The Kier molecular flexibility index (Phi) is 4.17. The molecule has 1 saturated heterocycles. The zero-order valence-electron chi connectivity index (χ0n) is 9.87. The van der Waals surface area contributed by atoms with Gasteiger partial charge in [-0.1, -0.05) is 15.9 Å². The lowest BCUT2D eigenvalue weighted by molar-refractivity contribution is 0.127. The highest BCUT2D eigenvalue weighted by Gasteiger charge is 2.26. The summed E-state index contributed by atoms with van der Waals surface area (Å²) < 4.78 is 14.1. The number of hydrogen-bond donors (Lipinski definition) is 1. The van der Waals surface area contributed by atoms with E-state index in [4.69, 9.17) is 0 Å². The second-order valence-electron chi connectivity index (χ2n) is 4.76. The predicted octanol–water partition coefficient (Wildman–Crippen LogP) is 2.79. The van der Waals surface area contributed by atoms with Crippen LogP contribution in [0.3, 0.4) is 0 Å². The molecule has 2 atom stereocenters. The molecule has 1 aliphatic heterocycles. The molecule has 0 aliphatic carbocycles. The molecule has 0 amide bonds. The van der Waals surface area contributed by atoms with Crippen LogP contribution in [0.15, 0.2) is 22.7 Å². The summed E-state index contributed by atoms with van der Waals surface area (Å²) in [6, 6.07) is 4.77. The van der Waals surface area contributed by atoms with Crippen molar-refractivity contribution in [3.63, 3.8) is 0 Å². The highest BCUT2D eigenvalue weighted by atomic mass is 79.9. The van der Waals surface area contributed by atoms with E-state index in [9.17, 15) is 9.50 Å². The van der Waals surface area contributed by atoms with Crippen LogP contribution in [0, 0.1) is 11.7 Å². The van der Waals surface area contributed by atoms with Gasteiger partial charge in [-0.15, -0.1) is 0 Å². The minimum Gasteiger partial charge on any atom is -0.393 e. The largest absolute Gasteiger partial charge is 0.393 e. The van der Waals surface area contributed by atoms with Gasteiger partial charge in [0.1, 0.15) is 5.82 Å². The molecule has 1 heterocycles. The summed E-state index contributed by atoms with van der Waals surface area (Å²) in [7, 11) is 0. The summed E-state index contributed by atoms with van der Waals surface area (Å²) in [5, 5.41) is 9.54. The molecule has 17 heavy (non-hydrogen) atoms. The van der Waals surface area contributed by atoms with Gasteiger partial charge < -0.3 is 5.11 Å². The number of halogens is 2. The van der Waals surface area contributed by atoms with E-state index < -0.39 is 0 Å². The van der Waals surface area contributed by atoms with E-state index in [1.54, 1.807) is 12.1 Å². The van der Waals surface area contributed by atoms with E-state index in [0.717, 1.165) is 36.1 Å². The maximum Gasteiger partial charge on any atom is 0.123 e. The Hall–Kier alpha value is -0.450.